The lowest BCUT2D eigenvalue weighted by molar-refractivity contribution is 0.303. The van der Waals surface area contributed by atoms with Gasteiger partial charge in [0.1, 0.15) is 5.75 Å². The third kappa shape index (κ3) is 3.42. The van der Waals surface area contributed by atoms with Crippen LogP contribution in [0, 0.1) is 5.92 Å². The average Bonchev–Trinajstić information content (AvgIpc) is 2.85. The fraction of sp³-hybridized carbons (Fsp3) is 0.538. The van der Waals surface area contributed by atoms with Crippen LogP contribution in [0.2, 0.25) is 5.02 Å². The van der Waals surface area contributed by atoms with E-state index in [0.29, 0.717) is 12.0 Å². The number of benzene rings is 1. The molecule has 2 heteroatoms. The summed E-state index contributed by atoms with van der Waals surface area (Å²) in [5.41, 5.74) is 1.27. The molecule has 2 rings (SSSR count). The minimum atomic E-state index is 0.440. The summed E-state index contributed by atoms with van der Waals surface area (Å²) in [6, 6.07) is 6.05. The molecule has 0 unspecified atom stereocenters. The largest absolute Gasteiger partial charge is 0.490 e. The second-order valence-corrected chi connectivity index (χ2v) is 5.15. The van der Waals surface area contributed by atoms with E-state index in [2.05, 4.69) is 19.9 Å². The molecule has 1 fully saturated rings. The van der Waals surface area contributed by atoms with Crippen molar-refractivity contribution in [1.82, 2.24) is 0 Å². The van der Waals surface area contributed by atoms with E-state index in [1.807, 2.05) is 12.1 Å². The Balaban J connectivity index is 2.11. The lowest BCUT2D eigenvalue weighted by Gasteiger charge is -2.09. The van der Waals surface area contributed by atoms with Gasteiger partial charge in [-0.15, -0.1) is 0 Å². The van der Waals surface area contributed by atoms with Crippen molar-refractivity contribution in [3.05, 3.63) is 28.8 Å². The predicted molar refractivity (Wildman–Crippen MR) is 63.6 cm³/mol. The summed E-state index contributed by atoms with van der Waals surface area (Å²) in [4.78, 5) is 0. The number of hydrogen-bond donors (Lipinski definition) is 0. The fourth-order valence-corrected chi connectivity index (χ4v) is 1.90. The third-order valence-corrected chi connectivity index (χ3v) is 2.62. The van der Waals surface area contributed by atoms with Gasteiger partial charge in [0.15, 0.2) is 0 Å². The van der Waals surface area contributed by atoms with Crippen LogP contribution in [0.1, 0.15) is 32.3 Å². The van der Waals surface area contributed by atoms with Gasteiger partial charge in [-0.3, -0.25) is 0 Å². The van der Waals surface area contributed by atoms with Crippen LogP contribution in [0.25, 0.3) is 0 Å². The van der Waals surface area contributed by atoms with Crippen molar-refractivity contribution in [1.29, 1.82) is 0 Å². The highest BCUT2D eigenvalue weighted by Gasteiger charge is 2.23. The predicted octanol–water partition coefficient (Wildman–Crippen LogP) is 4.08. The molecule has 1 aliphatic rings. The molecule has 0 heterocycles. The molecule has 1 aliphatic carbocycles. The Morgan fingerprint density at radius 1 is 1.33 bits per heavy atom. The normalized spacial score (nSPS) is 15.7. The monoisotopic (exact) mass is 224 g/mol. The second kappa shape index (κ2) is 4.44. The van der Waals surface area contributed by atoms with Gasteiger partial charge in [-0.25, -0.2) is 0 Å². The molecule has 0 amide bonds. The summed E-state index contributed by atoms with van der Waals surface area (Å²) in [5, 5.41) is 0.781. The Kier molecular flexibility index (Phi) is 3.20. The summed E-state index contributed by atoms with van der Waals surface area (Å²) in [5.74, 6) is 1.58. The quantitative estimate of drug-likeness (QED) is 0.749. The summed E-state index contributed by atoms with van der Waals surface area (Å²) in [7, 11) is 0. The van der Waals surface area contributed by atoms with Crippen molar-refractivity contribution >= 4 is 11.6 Å². The minimum Gasteiger partial charge on any atom is -0.490 e. The first-order valence-electron chi connectivity index (χ1n) is 5.59. The van der Waals surface area contributed by atoms with Crippen molar-refractivity contribution in [3.63, 3.8) is 0 Å². The van der Waals surface area contributed by atoms with E-state index in [4.69, 9.17) is 16.3 Å². The molecule has 1 aromatic carbocycles. The first kappa shape index (κ1) is 10.8. The molecule has 0 atom stereocenters. The minimum absolute atomic E-state index is 0.440. The molecule has 1 nitrogen and oxygen atoms in total. The van der Waals surface area contributed by atoms with Gasteiger partial charge in [0.25, 0.3) is 0 Å². The molecule has 1 saturated carbocycles. The standard InChI is InChI=1S/C13H17ClO/c1-9(2)5-10-6-11(14)8-13(7-10)15-12-3-4-12/h6-9,12H,3-5H2,1-2H3. The van der Waals surface area contributed by atoms with Gasteiger partial charge in [-0.2, -0.15) is 0 Å². The maximum absolute atomic E-state index is 6.06. The van der Waals surface area contributed by atoms with Crippen molar-refractivity contribution < 1.29 is 4.74 Å². The molecular formula is C13H17ClO. The Bertz CT molecular complexity index is 320. The SMILES string of the molecule is CC(C)Cc1cc(Cl)cc(OC2CC2)c1. The number of halogens is 1. The van der Waals surface area contributed by atoms with Gasteiger partial charge in [0.05, 0.1) is 6.10 Å². The first-order chi connectivity index (χ1) is 7.13. The van der Waals surface area contributed by atoms with E-state index in [0.717, 1.165) is 17.2 Å². The Labute approximate surface area is 96.4 Å². The van der Waals surface area contributed by atoms with Crippen LogP contribution in [-0.4, -0.2) is 6.10 Å². The number of rotatable bonds is 4. The summed E-state index contributed by atoms with van der Waals surface area (Å²) < 4.78 is 5.74. The van der Waals surface area contributed by atoms with Crippen molar-refractivity contribution in [3.8, 4) is 5.75 Å². The first-order valence-corrected chi connectivity index (χ1v) is 5.97. The number of hydrogen-bond acceptors (Lipinski definition) is 1. The molecule has 1 aromatic rings. The molecule has 0 spiro atoms. The lowest BCUT2D eigenvalue weighted by atomic mass is 10.0. The van der Waals surface area contributed by atoms with E-state index < -0.39 is 0 Å². The van der Waals surface area contributed by atoms with Crippen LogP contribution < -0.4 is 4.74 Å². The highest BCUT2D eigenvalue weighted by atomic mass is 35.5. The molecule has 0 radical (unpaired) electrons. The Morgan fingerprint density at radius 3 is 2.67 bits per heavy atom. The maximum Gasteiger partial charge on any atom is 0.121 e. The zero-order valence-electron chi connectivity index (χ0n) is 9.29. The topological polar surface area (TPSA) is 9.23 Å². The fourth-order valence-electron chi connectivity index (χ4n) is 1.66. The van der Waals surface area contributed by atoms with Gasteiger partial charge < -0.3 is 4.74 Å². The van der Waals surface area contributed by atoms with Crippen LogP contribution in [0.15, 0.2) is 18.2 Å². The van der Waals surface area contributed by atoms with E-state index >= 15 is 0 Å². The highest BCUT2D eigenvalue weighted by Crippen LogP contribution is 2.29. The molecule has 82 valence electrons. The van der Waals surface area contributed by atoms with E-state index in [1.54, 1.807) is 0 Å². The summed E-state index contributed by atoms with van der Waals surface area (Å²) in [6.07, 6.45) is 3.87. The van der Waals surface area contributed by atoms with E-state index in [9.17, 15) is 0 Å². The molecule has 0 aromatic heterocycles. The summed E-state index contributed by atoms with van der Waals surface area (Å²) in [6.45, 7) is 4.42. The van der Waals surface area contributed by atoms with Gasteiger partial charge in [-0.05, 0) is 48.9 Å². The van der Waals surface area contributed by atoms with Gasteiger partial charge in [0.2, 0.25) is 0 Å². The lowest BCUT2D eigenvalue weighted by Crippen LogP contribution is -1.98. The second-order valence-electron chi connectivity index (χ2n) is 4.71. The zero-order chi connectivity index (χ0) is 10.8. The van der Waals surface area contributed by atoms with E-state index in [1.165, 1.54) is 18.4 Å². The van der Waals surface area contributed by atoms with Crippen LogP contribution in [0.3, 0.4) is 0 Å². The molecule has 0 N–H and O–H groups in total. The van der Waals surface area contributed by atoms with Crippen LogP contribution >= 0.6 is 11.6 Å². The van der Waals surface area contributed by atoms with Crippen molar-refractivity contribution in [2.24, 2.45) is 5.92 Å². The third-order valence-electron chi connectivity index (χ3n) is 2.40. The molecule has 0 aliphatic heterocycles. The van der Waals surface area contributed by atoms with Crippen LogP contribution in [-0.2, 0) is 6.42 Å². The Hall–Kier alpha value is -0.690. The molecule has 0 bridgehead atoms. The number of ether oxygens (including phenoxy) is 1. The molecule has 0 saturated heterocycles. The van der Waals surface area contributed by atoms with Gasteiger partial charge in [0, 0.05) is 5.02 Å². The smallest absolute Gasteiger partial charge is 0.121 e. The van der Waals surface area contributed by atoms with Crippen molar-refractivity contribution in [2.45, 2.75) is 39.2 Å². The van der Waals surface area contributed by atoms with E-state index in [-0.39, 0.29) is 0 Å². The van der Waals surface area contributed by atoms with Crippen LogP contribution in [0.4, 0.5) is 0 Å². The Morgan fingerprint density at radius 2 is 2.07 bits per heavy atom. The van der Waals surface area contributed by atoms with Crippen LogP contribution in [0.5, 0.6) is 5.75 Å². The van der Waals surface area contributed by atoms with Gasteiger partial charge in [-0.1, -0.05) is 25.4 Å². The summed E-state index contributed by atoms with van der Waals surface area (Å²) >= 11 is 6.06. The van der Waals surface area contributed by atoms with Gasteiger partial charge >= 0.3 is 0 Å². The maximum atomic E-state index is 6.06. The molecule has 15 heavy (non-hydrogen) atoms. The average molecular weight is 225 g/mol. The zero-order valence-corrected chi connectivity index (χ0v) is 10.1. The highest BCUT2D eigenvalue weighted by molar-refractivity contribution is 6.30. The van der Waals surface area contributed by atoms with Crippen molar-refractivity contribution in [2.75, 3.05) is 0 Å². The molecular weight excluding hydrogens is 208 g/mol.